The second-order valence-electron chi connectivity index (χ2n) is 3.83. The molecule has 0 atom stereocenters. The first-order chi connectivity index (χ1) is 8.13. The van der Waals surface area contributed by atoms with Crippen LogP contribution in [0.5, 0.6) is 11.5 Å². The lowest BCUT2D eigenvalue weighted by atomic mass is 10.1. The zero-order valence-electron chi connectivity index (χ0n) is 10.2. The fourth-order valence-electron chi connectivity index (χ4n) is 1.32. The number of hydrogen-bond acceptors (Lipinski definition) is 2. The van der Waals surface area contributed by atoms with Gasteiger partial charge in [-0.15, -0.1) is 0 Å². The Hall–Kier alpha value is -1.96. The van der Waals surface area contributed by atoms with Gasteiger partial charge in [0, 0.05) is 0 Å². The average molecular weight is 230 g/mol. The fraction of sp³-hybridized carbons (Fsp3) is 0.200. The molecule has 0 radical (unpaired) electrons. The third-order valence-corrected chi connectivity index (χ3v) is 2.39. The van der Waals surface area contributed by atoms with Crippen molar-refractivity contribution in [3.63, 3.8) is 0 Å². The van der Waals surface area contributed by atoms with E-state index in [1.54, 1.807) is 12.1 Å². The van der Waals surface area contributed by atoms with Crippen molar-refractivity contribution in [3.8, 4) is 11.5 Å². The summed E-state index contributed by atoms with van der Waals surface area (Å²) < 4.78 is 0. The molecule has 0 aliphatic rings. The van der Waals surface area contributed by atoms with Crippen LogP contribution in [0, 0.1) is 6.92 Å². The lowest BCUT2D eigenvalue weighted by Gasteiger charge is -1.98. The second kappa shape index (κ2) is 6.59. The smallest absolute Gasteiger partial charge is 0.157 e. The topological polar surface area (TPSA) is 40.5 Å². The molecule has 2 rings (SSSR count). The first-order valence-corrected chi connectivity index (χ1v) is 5.66. The van der Waals surface area contributed by atoms with E-state index < -0.39 is 0 Å². The summed E-state index contributed by atoms with van der Waals surface area (Å²) in [5.41, 5.74) is 2.35. The van der Waals surface area contributed by atoms with Gasteiger partial charge in [0.2, 0.25) is 0 Å². The number of aromatic hydroxyl groups is 2. The number of phenolic OH excluding ortho intramolecular Hbond substituents is 2. The van der Waals surface area contributed by atoms with Gasteiger partial charge in [-0.2, -0.15) is 0 Å². The van der Waals surface area contributed by atoms with Gasteiger partial charge in [-0.3, -0.25) is 0 Å². The predicted molar refractivity (Wildman–Crippen MR) is 70.3 cm³/mol. The third kappa shape index (κ3) is 4.60. The maximum Gasteiger partial charge on any atom is 0.157 e. The molecule has 0 aliphatic heterocycles. The zero-order valence-corrected chi connectivity index (χ0v) is 10.2. The highest BCUT2D eigenvalue weighted by molar-refractivity contribution is 5.40. The fourth-order valence-corrected chi connectivity index (χ4v) is 1.32. The van der Waals surface area contributed by atoms with E-state index in [1.807, 2.05) is 25.1 Å². The Bertz CT molecular complexity index is 450. The average Bonchev–Trinajstić information content (AvgIpc) is 2.34. The third-order valence-electron chi connectivity index (χ3n) is 2.39. The molecular formula is C15H18O2. The normalized spacial score (nSPS) is 9.29. The van der Waals surface area contributed by atoms with Crippen molar-refractivity contribution in [2.45, 2.75) is 20.3 Å². The molecule has 0 fully saturated rings. The summed E-state index contributed by atoms with van der Waals surface area (Å²) in [6.07, 6.45) is 0.869. The van der Waals surface area contributed by atoms with E-state index in [-0.39, 0.29) is 11.5 Å². The van der Waals surface area contributed by atoms with Crippen LogP contribution in [0.1, 0.15) is 18.1 Å². The Balaban J connectivity index is 0.000000181. The molecule has 0 unspecified atom stereocenters. The number of aryl methyl sites for hydroxylation is 2. The van der Waals surface area contributed by atoms with Crippen molar-refractivity contribution in [1.29, 1.82) is 0 Å². The molecule has 90 valence electrons. The Kier molecular flexibility index (Phi) is 5.08. The van der Waals surface area contributed by atoms with Gasteiger partial charge < -0.3 is 10.2 Å². The summed E-state index contributed by atoms with van der Waals surface area (Å²) in [5, 5.41) is 17.9. The van der Waals surface area contributed by atoms with E-state index >= 15 is 0 Å². The molecule has 0 aromatic heterocycles. The SMILES string of the molecule is CCc1ccc(O)c(O)c1.Cc1ccccc1. The monoisotopic (exact) mass is 230 g/mol. The molecule has 0 saturated carbocycles. The highest BCUT2D eigenvalue weighted by Gasteiger charge is 1.97. The van der Waals surface area contributed by atoms with Crippen LogP contribution in [-0.4, -0.2) is 10.2 Å². The number of rotatable bonds is 1. The molecule has 2 aromatic carbocycles. The van der Waals surface area contributed by atoms with Gasteiger partial charge in [-0.25, -0.2) is 0 Å². The molecule has 0 amide bonds. The van der Waals surface area contributed by atoms with Gasteiger partial charge in [0.05, 0.1) is 0 Å². The van der Waals surface area contributed by atoms with Crippen LogP contribution in [0.15, 0.2) is 48.5 Å². The quantitative estimate of drug-likeness (QED) is 0.734. The molecule has 0 bridgehead atoms. The van der Waals surface area contributed by atoms with Crippen LogP contribution in [-0.2, 0) is 6.42 Å². The second-order valence-corrected chi connectivity index (χ2v) is 3.83. The lowest BCUT2D eigenvalue weighted by Crippen LogP contribution is -1.77. The van der Waals surface area contributed by atoms with Gasteiger partial charge in [0.15, 0.2) is 11.5 Å². The van der Waals surface area contributed by atoms with E-state index in [1.165, 1.54) is 11.6 Å². The zero-order chi connectivity index (χ0) is 12.7. The minimum absolute atomic E-state index is 0.0423. The Morgan fingerprint density at radius 1 is 0.882 bits per heavy atom. The Morgan fingerprint density at radius 2 is 1.53 bits per heavy atom. The standard InChI is InChI=1S/C8H10O2.C7H8/c1-2-6-3-4-7(9)8(10)5-6;1-7-5-3-2-4-6-7/h3-5,9-10H,2H2,1H3;2-6H,1H3. The van der Waals surface area contributed by atoms with Crippen LogP contribution in [0.2, 0.25) is 0 Å². The summed E-state index contributed by atoms with van der Waals surface area (Å²) in [7, 11) is 0. The number of phenols is 2. The summed E-state index contributed by atoms with van der Waals surface area (Å²) in [6, 6.07) is 15.1. The molecule has 2 N–H and O–H groups in total. The van der Waals surface area contributed by atoms with Crippen molar-refractivity contribution >= 4 is 0 Å². The molecular weight excluding hydrogens is 212 g/mol. The number of benzene rings is 2. The molecule has 2 nitrogen and oxygen atoms in total. The van der Waals surface area contributed by atoms with Crippen LogP contribution < -0.4 is 0 Å². The summed E-state index contributed by atoms with van der Waals surface area (Å²) in [5.74, 6) is -0.100. The van der Waals surface area contributed by atoms with E-state index in [0.29, 0.717) is 0 Å². The lowest BCUT2D eigenvalue weighted by molar-refractivity contribution is 0.403. The van der Waals surface area contributed by atoms with Gasteiger partial charge >= 0.3 is 0 Å². The largest absolute Gasteiger partial charge is 0.504 e. The van der Waals surface area contributed by atoms with Gasteiger partial charge in [0.1, 0.15) is 0 Å². The highest BCUT2D eigenvalue weighted by Crippen LogP contribution is 2.24. The van der Waals surface area contributed by atoms with Crippen LogP contribution >= 0.6 is 0 Å². The van der Waals surface area contributed by atoms with Gasteiger partial charge in [-0.05, 0) is 31.0 Å². The molecule has 0 heterocycles. The van der Waals surface area contributed by atoms with Crippen molar-refractivity contribution in [3.05, 3.63) is 59.7 Å². The van der Waals surface area contributed by atoms with E-state index in [9.17, 15) is 0 Å². The molecule has 2 aromatic rings. The van der Waals surface area contributed by atoms with Crippen molar-refractivity contribution in [1.82, 2.24) is 0 Å². The molecule has 0 saturated heterocycles. The van der Waals surface area contributed by atoms with Crippen molar-refractivity contribution in [2.75, 3.05) is 0 Å². The first kappa shape index (κ1) is 13.1. The predicted octanol–water partition coefficient (Wildman–Crippen LogP) is 3.66. The highest BCUT2D eigenvalue weighted by atomic mass is 16.3. The van der Waals surface area contributed by atoms with Gasteiger partial charge in [-0.1, -0.05) is 48.9 Å². The molecule has 17 heavy (non-hydrogen) atoms. The number of hydrogen-bond donors (Lipinski definition) is 2. The molecule has 2 heteroatoms. The van der Waals surface area contributed by atoms with Crippen molar-refractivity contribution in [2.24, 2.45) is 0 Å². The molecule has 0 spiro atoms. The summed E-state index contributed by atoms with van der Waals surface area (Å²) in [6.45, 7) is 4.08. The Morgan fingerprint density at radius 3 is 1.94 bits per heavy atom. The Labute approximate surface area is 102 Å². The maximum atomic E-state index is 8.98. The first-order valence-electron chi connectivity index (χ1n) is 5.66. The van der Waals surface area contributed by atoms with E-state index in [0.717, 1.165) is 12.0 Å². The van der Waals surface area contributed by atoms with Crippen LogP contribution in [0.25, 0.3) is 0 Å². The summed E-state index contributed by atoms with van der Waals surface area (Å²) >= 11 is 0. The van der Waals surface area contributed by atoms with Gasteiger partial charge in [0.25, 0.3) is 0 Å². The van der Waals surface area contributed by atoms with Crippen molar-refractivity contribution < 1.29 is 10.2 Å². The van der Waals surface area contributed by atoms with E-state index in [2.05, 4.69) is 19.1 Å². The minimum Gasteiger partial charge on any atom is -0.504 e. The minimum atomic E-state index is -0.0581. The maximum absolute atomic E-state index is 8.98. The molecule has 0 aliphatic carbocycles. The summed E-state index contributed by atoms with van der Waals surface area (Å²) in [4.78, 5) is 0. The van der Waals surface area contributed by atoms with E-state index in [4.69, 9.17) is 10.2 Å². The van der Waals surface area contributed by atoms with Crippen LogP contribution in [0.4, 0.5) is 0 Å². The van der Waals surface area contributed by atoms with Crippen LogP contribution in [0.3, 0.4) is 0 Å².